The van der Waals surface area contributed by atoms with Crippen molar-refractivity contribution in [3.05, 3.63) is 0 Å². The molecule has 1 aliphatic carbocycles. The lowest BCUT2D eigenvalue weighted by Crippen LogP contribution is -2.49. The lowest BCUT2D eigenvalue weighted by Gasteiger charge is -2.21. The van der Waals surface area contributed by atoms with Crippen LogP contribution in [0.25, 0.3) is 0 Å². The molecule has 0 amide bonds. The number of nitrogens with one attached hydrogen (secondary N) is 1. The molecule has 0 aromatic carbocycles. The van der Waals surface area contributed by atoms with Crippen molar-refractivity contribution in [2.45, 2.75) is 31.2 Å². The van der Waals surface area contributed by atoms with Crippen LogP contribution in [-0.4, -0.2) is 31.8 Å². The van der Waals surface area contributed by atoms with E-state index in [1.54, 1.807) is 0 Å². The normalized spacial score (nSPS) is 33.9. The van der Waals surface area contributed by atoms with Crippen molar-refractivity contribution in [2.75, 3.05) is 26.3 Å². The maximum absolute atomic E-state index is 6.10. The zero-order chi connectivity index (χ0) is 9.15. The molecule has 1 heterocycles. The number of hydrogen-bond acceptors (Lipinski definition) is 3. The molecule has 1 saturated heterocycles. The summed E-state index contributed by atoms with van der Waals surface area (Å²) < 4.78 is 5.29. The van der Waals surface area contributed by atoms with Crippen molar-refractivity contribution < 1.29 is 4.74 Å². The number of ether oxygens (including phenoxy) is 1. The van der Waals surface area contributed by atoms with Gasteiger partial charge in [-0.15, -0.1) is 0 Å². The van der Waals surface area contributed by atoms with Crippen LogP contribution in [0, 0.1) is 5.92 Å². The quantitative estimate of drug-likeness (QED) is 0.611. The topological polar surface area (TPSA) is 47.3 Å². The van der Waals surface area contributed by atoms with Gasteiger partial charge in [0, 0.05) is 13.2 Å². The van der Waals surface area contributed by atoms with E-state index < -0.39 is 0 Å². The van der Waals surface area contributed by atoms with Gasteiger partial charge < -0.3 is 15.8 Å². The van der Waals surface area contributed by atoms with Gasteiger partial charge in [-0.25, -0.2) is 0 Å². The molecule has 0 spiro atoms. The highest BCUT2D eigenvalue weighted by molar-refractivity contribution is 4.90. The first kappa shape index (κ1) is 9.44. The van der Waals surface area contributed by atoms with Gasteiger partial charge in [-0.1, -0.05) is 12.8 Å². The minimum atomic E-state index is -0.0798. The summed E-state index contributed by atoms with van der Waals surface area (Å²) in [6, 6.07) is 0. The third-order valence-corrected chi connectivity index (χ3v) is 3.04. The van der Waals surface area contributed by atoms with Gasteiger partial charge in [0.25, 0.3) is 0 Å². The van der Waals surface area contributed by atoms with Gasteiger partial charge in [0.2, 0.25) is 0 Å². The Bertz CT molecular complexity index is 162. The highest BCUT2D eigenvalue weighted by Crippen LogP contribution is 2.31. The second-order valence-electron chi connectivity index (χ2n) is 4.57. The second-order valence-corrected chi connectivity index (χ2v) is 4.57. The van der Waals surface area contributed by atoms with Gasteiger partial charge in [-0.3, -0.25) is 0 Å². The Balaban J connectivity index is 1.55. The van der Waals surface area contributed by atoms with E-state index >= 15 is 0 Å². The third-order valence-electron chi connectivity index (χ3n) is 3.04. The van der Waals surface area contributed by atoms with Crippen molar-refractivity contribution in [1.82, 2.24) is 5.32 Å². The number of rotatable bonds is 5. The monoisotopic (exact) mass is 184 g/mol. The van der Waals surface area contributed by atoms with Crippen LogP contribution < -0.4 is 11.1 Å². The standard InChI is InChI=1S/C10H20N2O/c11-10(4-6-13-8-10)7-12-5-3-9-1-2-9/h9,12H,1-8,11H2. The summed E-state index contributed by atoms with van der Waals surface area (Å²) in [6.45, 7) is 3.60. The van der Waals surface area contributed by atoms with Crippen LogP contribution in [0.3, 0.4) is 0 Å². The fourth-order valence-corrected chi connectivity index (χ4v) is 1.81. The predicted octanol–water partition coefficient (Wildman–Crippen LogP) is 0.494. The molecule has 76 valence electrons. The smallest absolute Gasteiger partial charge is 0.0659 e. The summed E-state index contributed by atoms with van der Waals surface area (Å²) in [5.74, 6) is 1.01. The zero-order valence-electron chi connectivity index (χ0n) is 8.22. The molecule has 1 saturated carbocycles. The predicted molar refractivity (Wildman–Crippen MR) is 52.6 cm³/mol. The van der Waals surface area contributed by atoms with Gasteiger partial charge in [0.1, 0.15) is 0 Å². The first-order chi connectivity index (χ1) is 6.29. The number of nitrogens with two attached hydrogens (primary N) is 1. The summed E-state index contributed by atoms with van der Waals surface area (Å²) in [5.41, 5.74) is 6.02. The van der Waals surface area contributed by atoms with Crippen molar-refractivity contribution in [3.8, 4) is 0 Å². The molecule has 13 heavy (non-hydrogen) atoms. The largest absolute Gasteiger partial charge is 0.379 e. The third kappa shape index (κ3) is 2.93. The molecule has 2 aliphatic rings. The Labute approximate surface area is 80.0 Å². The molecule has 0 radical (unpaired) electrons. The fourth-order valence-electron chi connectivity index (χ4n) is 1.81. The van der Waals surface area contributed by atoms with E-state index in [0.29, 0.717) is 0 Å². The van der Waals surface area contributed by atoms with Gasteiger partial charge in [0.05, 0.1) is 12.1 Å². The minimum absolute atomic E-state index is 0.0798. The fraction of sp³-hybridized carbons (Fsp3) is 1.00. The average molecular weight is 184 g/mol. The van der Waals surface area contributed by atoms with E-state index in [1.165, 1.54) is 19.3 Å². The molecular formula is C10H20N2O. The lowest BCUT2D eigenvalue weighted by molar-refractivity contribution is 0.177. The molecule has 1 unspecified atom stereocenters. The lowest BCUT2D eigenvalue weighted by atomic mass is 10.0. The van der Waals surface area contributed by atoms with E-state index in [4.69, 9.17) is 10.5 Å². The summed E-state index contributed by atoms with van der Waals surface area (Å²) in [7, 11) is 0. The Hall–Kier alpha value is -0.120. The van der Waals surface area contributed by atoms with Gasteiger partial charge >= 0.3 is 0 Å². The Morgan fingerprint density at radius 3 is 2.92 bits per heavy atom. The van der Waals surface area contributed by atoms with Crippen LogP contribution >= 0.6 is 0 Å². The molecule has 0 bridgehead atoms. The summed E-state index contributed by atoms with van der Waals surface area (Å²) in [5, 5.41) is 3.43. The van der Waals surface area contributed by atoms with Gasteiger partial charge in [0.15, 0.2) is 0 Å². The molecule has 3 nitrogen and oxygen atoms in total. The summed E-state index contributed by atoms with van der Waals surface area (Å²) in [4.78, 5) is 0. The molecule has 2 fully saturated rings. The van der Waals surface area contributed by atoms with Crippen LogP contribution in [0.5, 0.6) is 0 Å². The maximum atomic E-state index is 6.10. The molecule has 1 atom stereocenters. The highest BCUT2D eigenvalue weighted by Gasteiger charge is 2.29. The summed E-state index contributed by atoms with van der Waals surface area (Å²) in [6.07, 6.45) is 5.22. The van der Waals surface area contributed by atoms with Gasteiger partial charge in [-0.2, -0.15) is 0 Å². The first-order valence-corrected chi connectivity index (χ1v) is 5.36. The maximum Gasteiger partial charge on any atom is 0.0659 e. The molecule has 2 rings (SSSR count). The molecule has 3 heteroatoms. The summed E-state index contributed by atoms with van der Waals surface area (Å²) >= 11 is 0. The van der Waals surface area contributed by atoms with E-state index in [1.807, 2.05) is 0 Å². The molecular weight excluding hydrogens is 164 g/mol. The van der Waals surface area contributed by atoms with E-state index in [9.17, 15) is 0 Å². The van der Waals surface area contributed by atoms with Crippen molar-refractivity contribution in [1.29, 1.82) is 0 Å². The van der Waals surface area contributed by atoms with Crippen molar-refractivity contribution in [3.63, 3.8) is 0 Å². The Kier molecular flexibility index (Phi) is 2.86. The van der Waals surface area contributed by atoms with E-state index in [0.717, 1.165) is 38.6 Å². The SMILES string of the molecule is NC1(CNCCC2CC2)CCOC1. The molecule has 1 aliphatic heterocycles. The Morgan fingerprint density at radius 2 is 2.31 bits per heavy atom. The van der Waals surface area contributed by atoms with Crippen LogP contribution in [0.15, 0.2) is 0 Å². The molecule has 0 aromatic heterocycles. The number of hydrogen-bond donors (Lipinski definition) is 2. The molecule has 0 aromatic rings. The van der Waals surface area contributed by atoms with Crippen LogP contribution in [-0.2, 0) is 4.74 Å². The van der Waals surface area contributed by atoms with Gasteiger partial charge in [-0.05, 0) is 25.3 Å². The van der Waals surface area contributed by atoms with Crippen LogP contribution in [0.4, 0.5) is 0 Å². The minimum Gasteiger partial charge on any atom is -0.379 e. The van der Waals surface area contributed by atoms with Crippen molar-refractivity contribution >= 4 is 0 Å². The van der Waals surface area contributed by atoms with Crippen LogP contribution in [0.1, 0.15) is 25.7 Å². The zero-order valence-corrected chi connectivity index (χ0v) is 8.22. The van der Waals surface area contributed by atoms with Crippen molar-refractivity contribution in [2.24, 2.45) is 11.7 Å². The first-order valence-electron chi connectivity index (χ1n) is 5.36. The second kappa shape index (κ2) is 3.95. The van der Waals surface area contributed by atoms with E-state index in [-0.39, 0.29) is 5.54 Å². The van der Waals surface area contributed by atoms with Crippen LogP contribution in [0.2, 0.25) is 0 Å². The Morgan fingerprint density at radius 1 is 1.46 bits per heavy atom. The van der Waals surface area contributed by atoms with E-state index in [2.05, 4.69) is 5.32 Å². The molecule has 3 N–H and O–H groups in total. The average Bonchev–Trinajstić information content (AvgIpc) is 2.84. The highest BCUT2D eigenvalue weighted by atomic mass is 16.5.